The fraction of sp³-hybridized carbons (Fsp3) is 0.462. The SMILES string of the molecule is C=CCCCN(C)C(=O)c1cc(N)cn1CC. The number of amides is 1. The van der Waals surface area contributed by atoms with Crippen LogP contribution in [0.25, 0.3) is 0 Å². The summed E-state index contributed by atoms with van der Waals surface area (Å²) in [5, 5.41) is 0. The van der Waals surface area contributed by atoms with E-state index in [0.29, 0.717) is 11.4 Å². The molecule has 0 atom stereocenters. The Labute approximate surface area is 103 Å². The number of rotatable bonds is 6. The van der Waals surface area contributed by atoms with Gasteiger partial charge in [0.15, 0.2) is 0 Å². The van der Waals surface area contributed by atoms with Crippen LogP contribution in [-0.4, -0.2) is 29.0 Å². The lowest BCUT2D eigenvalue weighted by Crippen LogP contribution is -2.29. The number of unbranched alkanes of at least 4 members (excludes halogenated alkanes) is 1. The number of carbonyl (C=O) groups is 1. The normalized spacial score (nSPS) is 10.2. The molecule has 1 amide bonds. The number of nitrogens with zero attached hydrogens (tertiary/aromatic N) is 2. The molecule has 0 radical (unpaired) electrons. The number of nitrogens with two attached hydrogens (primary N) is 1. The molecule has 4 heteroatoms. The first-order chi connectivity index (χ1) is 8.10. The van der Waals surface area contributed by atoms with Crippen LogP contribution in [0.3, 0.4) is 0 Å². The van der Waals surface area contributed by atoms with E-state index in [1.54, 1.807) is 17.2 Å². The molecule has 0 spiro atoms. The summed E-state index contributed by atoms with van der Waals surface area (Å²) in [6.07, 6.45) is 5.53. The predicted octanol–water partition coefficient (Wildman–Crippen LogP) is 2.13. The Hall–Kier alpha value is -1.71. The second-order valence-corrected chi connectivity index (χ2v) is 4.10. The smallest absolute Gasteiger partial charge is 0.270 e. The van der Waals surface area contributed by atoms with Crippen molar-refractivity contribution in [3.05, 3.63) is 30.6 Å². The molecule has 1 aromatic heterocycles. The van der Waals surface area contributed by atoms with E-state index in [9.17, 15) is 4.79 Å². The number of anilines is 1. The van der Waals surface area contributed by atoms with Crippen LogP contribution in [0, 0.1) is 0 Å². The van der Waals surface area contributed by atoms with Gasteiger partial charge in [0, 0.05) is 26.3 Å². The number of aryl methyl sites for hydroxylation is 1. The molecule has 0 aromatic carbocycles. The highest BCUT2D eigenvalue weighted by Gasteiger charge is 2.15. The number of hydrogen-bond donors (Lipinski definition) is 1. The molecule has 0 unspecified atom stereocenters. The Bertz CT molecular complexity index is 395. The molecule has 17 heavy (non-hydrogen) atoms. The van der Waals surface area contributed by atoms with E-state index in [1.165, 1.54) is 0 Å². The van der Waals surface area contributed by atoms with Gasteiger partial charge in [0.05, 0.1) is 5.69 Å². The lowest BCUT2D eigenvalue weighted by Gasteiger charge is -2.17. The summed E-state index contributed by atoms with van der Waals surface area (Å²) in [7, 11) is 1.81. The van der Waals surface area contributed by atoms with Crippen molar-refractivity contribution in [2.75, 3.05) is 19.3 Å². The third-order valence-electron chi connectivity index (χ3n) is 2.73. The van der Waals surface area contributed by atoms with E-state index in [1.807, 2.05) is 24.6 Å². The van der Waals surface area contributed by atoms with Crippen molar-refractivity contribution < 1.29 is 4.79 Å². The Morgan fingerprint density at radius 3 is 2.94 bits per heavy atom. The summed E-state index contributed by atoms with van der Waals surface area (Å²) in [5.74, 6) is 0.0209. The molecule has 0 aliphatic carbocycles. The summed E-state index contributed by atoms with van der Waals surface area (Å²) < 4.78 is 1.88. The zero-order chi connectivity index (χ0) is 12.8. The topological polar surface area (TPSA) is 51.3 Å². The molecule has 0 saturated heterocycles. The Kier molecular flexibility index (Phi) is 4.82. The third kappa shape index (κ3) is 3.37. The van der Waals surface area contributed by atoms with Crippen molar-refractivity contribution in [3.8, 4) is 0 Å². The van der Waals surface area contributed by atoms with Crippen molar-refractivity contribution in [2.45, 2.75) is 26.3 Å². The van der Waals surface area contributed by atoms with Crippen LogP contribution in [0.4, 0.5) is 5.69 Å². The third-order valence-corrected chi connectivity index (χ3v) is 2.73. The van der Waals surface area contributed by atoms with Gasteiger partial charge in [0.1, 0.15) is 5.69 Å². The van der Waals surface area contributed by atoms with E-state index in [4.69, 9.17) is 5.73 Å². The van der Waals surface area contributed by atoms with Gasteiger partial charge in [0.2, 0.25) is 0 Å². The van der Waals surface area contributed by atoms with Crippen molar-refractivity contribution in [3.63, 3.8) is 0 Å². The molecule has 0 aliphatic rings. The second-order valence-electron chi connectivity index (χ2n) is 4.10. The summed E-state index contributed by atoms with van der Waals surface area (Å²) in [4.78, 5) is 13.9. The van der Waals surface area contributed by atoms with Gasteiger partial charge in [-0.3, -0.25) is 4.79 Å². The Morgan fingerprint density at radius 1 is 1.65 bits per heavy atom. The van der Waals surface area contributed by atoms with Gasteiger partial charge in [-0.2, -0.15) is 0 Å². The monoisotopic (exact) mass is 235 g/mol. The van der Waals surface area contributed by atoms with E-state index >= 15 is 0 Å². The van der Waals surface area contributed by atoms with Crippen LogP contribution in [-0.2, 0) is 6.54 Å². The first kappa shape index (κ1) is 13.4. The molecule has 0 fully saturated rings. The van der Waals surface area contributed by atoms with Crippen LogP contribution < -0.4 is 5.73 Å². The van der Waals surface area contributed by atoms with Gasteiger partial charge < -0.3 is 15.2 Å². The van der Waals surface area contributed by atoms with Gasteiger partial charge >= 0.3 is 0 Å². The first-order valence-corrected chi connectivity index (χ1v) is 5.92. The summed E-state index contributed by atoms with van der Waals surface area (Å²) >= 11 is 0. The number of nitrogen functional groups attached to an aromatic ring is 1. The van der Waals surface area contributed by atoms with Crippen LogP contribution >= 0.6 is 0 Å². The minimum absolute atomic E-state index is 0.0209. The predicted molar refractivity (Wildman–Crippen MR) is 70.9 cm³/mol. The maximum atomic E-state index is 12.2. The van der Waals surface area contributed by atoms with Gasteiger partial charge in [-0.25, -0.2) is 0 Å². The fourth-order valence-electron chi connectivity index (χ4n) is 1.74. The highest BCUT2D eigenvalue weighted by Crippen LogP contribution is 2.12. The van der Waals surface area contributed by atoms with E-state index in [2.05, 4.69) is 6.58 Å². The lowest BCUT2D eigenvalue weighted by atomic mass is 10.3. The highest BCUT2D eigenvalue weighted by atomic mass is 16.2. The van der Waals surface area contributed by atoms with Crippen LogP contribution in [0.2, 0.25) is 0 Å². The summed E-state index contributed by atoms with van der Waals surface area (Å²) in [5.41, 5.74) is 7.00. The van der Waals surface area contributed by atoms with Crippen molar-refractivity contribution in [1.82, 2.24) is 9.47 Å². The average Bonchev–Trinajstić information content (AvgIpc) is 2.69. The van der Waals surface area contributed by atoms with E-state index in [0.717, 1.165) is 25.9 Å². The fourth-order valence-corrected chi connectivity index (χ4v) is 1.74. The van der Waals surface area contributed by atoms with Crippen molar-refractivity contribution >= 4 is 11.6 Å². The van der Waals surface area contributed by atoms with Gasteiger partial charge in [-0.1, -0.05) is 6.08 Å². The minimum atomic E-state index is 0.0209. The van der Waals surface area contributed by atoms with Crippen molar-refractivity contribution in [2.24, 2.45) is 0 Å². The number of allylic oxidation sites excluding steroid dienone is 1. The van der Waals surface area contributed by atoms with Crippen molar-refractivity contribution in [1.29, 1.82) is 0 Å². The zero-order valence-corrected chi connectivity index (χ0v) is 10.6. The molecular formula is C13H21N3O. The molecule has 4 nitrogen and oxygen atoms in total. The summed E-state index contributed by atoms with van der Waals surface area (Å²) in [6.45, 7) is 7.15. The maximum absolute atomic E-state index is 12.2. The largest absolute Gasteiger partial charge is 0.397 e. The lowest BCUT2D eigenvalue weighted by molar-refractivity contribution is 0.0783. The molecule has 1 aromatic rings. The quantitative estimate of drug-likeness (QED) is 0.606. The van der Waals surface area contributed by atoms with Crippen LogP contribution in [0.1, 0.15) is 30.3 Å². The highest BCUT2D eigenvalue weighted by molar-refractivity contribution is 5.93. The van der Waals surface area contributed by atoms with Gasteiger partial charge in [-0.05, 0) is 25.8 Å². The Morgan fingerprint density at radius 2 is 2.35 bits per heavy atom. The number of aromatic nitrogens is 1. The van der Waals surface area contributed by atoms with E-state index < -0.39 is 0 Å². The minimum Gasteiger partial charge on any atom is -0.397 e. The average molecular weight is 235 g/mol. The van der Waals surface area contributed by atoms with Gasteiger partial charge in [-0.15, -0.1) is 6.58 Å². The molecule has 1 heterocycles. The number of carbonyl (C=O) groups excluding carboxylic acids is 1. The standard InChI is InChI=1S/C13H21N3O/c1-4-6-7-8-15(3)13(17)12-9-11(14)10-16(12)5-2/h4,9-10H,1,5-8,14H2,2-3H3. The molecule has 94 valence electrons. The zero-order valence-electron chi connectivity index (χ0n) is 10.6. The Balaban J connectivity index is 2.70. The molecular weight excluding hydrogens is 214 g/mol. The van der Waals surface area contributed by atoms with Gasteiger partial charge in [0.25, 0.3) is 5.91 Å². The van der Waals surface area contributed by atoms with Crippen LogP contribution in [0.15, 0.2) is 24.9 Å². The van der Waals surface area contributed by atoms with Crippen LogP contribution in [0.5, 0.6) is 0 Å². The molecule has 0 aliphatic heterocycles. The number of hydrogen-bond acceptors (Lipinski definition) is 2. The first-order valence-electron chi connectivity index (χ1n) is 5.92. The second kappa shape index (κ2) is 6.13. The summed E-state index contributed by atoms with van der Waals surface area (Å²) in [6, 6.07) is 1.73. The molecule has 2 N–H and O–H groups in total. The molecule has 0 bridgehead atoms. The maximum Gasteiger partial charge on any atom is 0.270 e. The van der Waals surface area contributed by atoms with E-state index in [-0.39, 0.29) is 5.91 Å². The molecule has 1 rings (SSSR count). The molecule has 0 saturated carbocycles.